The van der Waals surface area contributed by atoms with Crippen molar-refractivity contribution in [3.63, 3.8) is 0 Å². The molecule has 0 radical (unpaired) electrons. The quantitative estimate of drug-likeness (QED) is 0.0211. The van der Waals surface area contributed by atoms with Crippen LogP contribution >= 0.6 is 7.82 Å². The van der Waals surface area contributed by atoms with Gasteiger partial charge in [-0.2, -0.15) is 0 Å². The molecule has 0 rings (SSSR count). The minimum atomic E-state index is -4.41. The molecule has 1 N–H and O–H groups in total. The third-order valence-corrected chi connectivity index (χ3v) is 16.4. The van der Waals surface area contributed by atoms with Crippen molar-refractivity contribution in [1.82, 2.24) is 0 Å². The zero-order valence-corrected chi connectivity index (χ0v) is 61.5. The van der Waals surface area contributed by atoms with Crippen LogP contribution in [0.3, 0.4) is 0 Å². The van der Waals surface area contributed by atoms with E-state index in [-0.39, 0.29) is 32.0 Å². The number of hydrogen-bond donors (Lipinski definition) is 1. The van der Waals surface area contributed by atoms with E-state index >= 15 is 0 Å². The first kappa shape index (κ1) is 89.1. The molecule has 0 aromatic heterocycles. The highest BCUT2D eigenvalue weighted by molar-refractivity contribution is 7.47. The van der Waals surface area contributed by atoms with Crippen LogP contribution < -0.4 is 0 Å². The van der Waals surface area contributed by atoms with Gasteiger partial charge in [-0.1, -0.05) is 318 Å². The Morgan fingerprint density at radius 2 is 0.574 bits per heavy atom. The van der Waals surface area contributed by atoms with Gasteiger partial charge in [0.15, 0.2) is 6.10 Å². The summed E-state index contributed by atoms with van der Waals surface area (Å²) in [5.41, 5.74) is 0. The topological polar surface area (TPSA) is 108 Å². The van der Waals surface area contributed by atoms with E-state index in [1.165, 1.54) is 109 Å². The van der Waals surface area contributed by atoms with Crippen molar-refractivity contribution in [2.45, 2.75) is 290 Å². The largest absolute Gasteiger partial charge is 0.472 e. The Kier molecular flexibility index (Phi) is 68.6. The summed E-state index contributed by atoms with van der Waals surface area (Å²) in [6.07, 6.45) is 111. The standard InChI is InChI=1S/C84H138NO8P/c1-6-8-10-12-14-16-18-20-22-24-26-28-30-32-34-36-38-40-42-44-46-48-50-52-54-56-58-60-62-64-66-68-70-72-74-76-83(86)90-80-82(81-92-94(88,89)91-79-78-85(3,4)5)93-84(87)77-75-73-71-69-67-65-63-61-59-57-55-53-51-49-47-45-43-41-39-37-35-33-31-29-27-25-23-21-19-17-15-13-11-9-7-2/h8-11,14-17,20-23,26-29,32-35,38-41,44-47,51,53,82H,6-7,12-13,18-19,24-25,30-31,36-37,42-43,48-50,52,54-81H2,1-5H3/p+1/b10-8-,11-9-,16-14-,17-15-,22-20-,23-21-,28-26-,29-27-,34-32-,35-33-,40-38-,41-39-,46-44-,47-45-,53-51-. The van der Waals surface area contributed by atoms with E-state index in [1.54, 1.807) is 0 Å². The minimum absolute atomic E-state index is 0.0224. The van der Waals surface area contributed by atoms with E-state index in [4.69, 9.17) is 18.5 Å². The molecule has 0 spiro atoms. The van der Waals surface area contributed by atoms with Gasteiger partial charge in [0.25, 0.3) is 0 Å². The van der Waals surface area contributed by atoms with Gasteiger partial charge >= 0.3 is 19.8 Å². The molecule has 0 aliphatic rings. The molecule has 0 saturated carbocycles. The smallest absolute Gasteiger partial charge is 0.462 e. The van der Waals surface area contributed by atoms with Crippen LogP contribution in [-0.2, 0) is 32.7 Å². The highest BCUT2D eigenvalue weighted by Crippen LogP contribution is 2.43. The molecule has 2 unspecified atom stereocenters. The molecule has 0 amide bonds. The summed E-state index contributed by atoms with van der Waals surface area (Å²) in [6.45, 7) is 4.20. The van der Waals surface area contributed by atoms with Crippen molar-refractivity contribution in [1.29, 1.82) is 0 Å². The van der Waals surface area contributed by atoms with Crippen LogP contribution in [0.2, 0.25) is 0 Å². The van der Waals surface area contributed by atoms with Crippen LogP contribution in [0.5, 0.6) is 0 Å². The first-order chi connectivity index (χ1) is 46.0. The van der Waals surface area contributed by atoms with Crippen LogP contribution in [0.4, 0.5) is 0 Å². The average molecular weight is 1320 g/mol. The fourth-order valence-corrected chi connectivity index (χ4v) is 10.5. The number of allylic oxidation sites excluding steroid dienone is 30. The number of rotatable bonds is 67. The van der Waals surface area contributed by atoms with Crippen molar-refractivity contribution < 1.29 is 42.1 Å². The predicted molar refractivity (Wildman–Crippen MR) is 408 cm³/mol. The molecule has 10 heteroatoms. The molecule has 0 bridgehead atoms. The molecule has 532 valence electrons. The number of carbonyl (C=O) groups is 2. The second-order valence-corrected chi connectivity index (χ2v) is 27.0. The predicted octanol–water partition coefficient (Wildman–Crippen LogP) is 25.0. The number of phosphoric ester groups is 1. The van der Waals surface area contributed by atoms with Gasteiger partial charge in [-0.05, 0) is 135 Å². The first-order valence-corrected chi connectivity index (χ1v) is 39.0. The third-order valence-electron chi connectivity index (χ3n) is 15.4. The van der Waals surface area contributed by atoms with E-state index in [0.29, 0.717) is 17.4 Å². The van der Waals surface area contributed by atoms with E-state index in [2.05, 4.69) is 196 Å². The number of nitrogens with zero attached hydrogens (tertiary/aromatic N) is 1. The number of hydrogen-bond acceptors (Lipinski definition) is 7. The fourth-order valence-electron chi connectivity index (χ4n) is 9.78. The molecule has 0 fully saturated rings. The van der Waals surface area contributed by atoms with Crippen molar-refractivity contribution in [2.24, 2.45) is 0 Å². The SMILES string of the molecule is CC/C=C\C/C=C\C/C=C\C/C=C\C/C=C\C/C=C\C/C=C\C/C=C\CCCCCCCCCCCCC(=O)OC(COC(=O)CCCCCCCCCCCCCCC/C=C\C/C=C\C/C=C\C/C=C\C/C=C\C/C=C\C/C=C\CC)COP(=O)(O)OCC[N+](C)(C)C. The third kappa shape index (κ3) is 76.1. The van der Waals surface area contributed by atoms with E-state index in [9.17, 15) is 19.0 Å². The summed E-state index contributed by atoms with van der Waals surface area (Å²) in [6, 6.07) is 0. The molecule has 0 aliphatic heterocycles. The number of likely N-dealkylation sites (N-methyl/N-ethyl adjacent to an activating group) is 1. The molecule has 94 heavy (non-hydrogen) atoms. The summed E-state index contributed by atoms with van der Waals surface area (Å²) in [5.74, 6) is -0.810. The number of phosphoric acid groups is 1. The normalized spacial score (nSPS) is 14.1. The van der Waals surface area contributed by atoms with Crippen molar-refractivity contribution in [2.75, 3.05) is 47.5 Å². The summed E-state index contributed by atoms with van der Waals surface area (Å²) in [7, 11) is 1.46. The maximum Gasteiger partial charge on any atom is 0.472 e. The summed E-state index contributed by atoms with van der Waals surface area (Å²) in [4.78, 5) is 36.0. The van der Waals surface area contributed by atoms with Gasteiger partial charge in [-0.15, -0.1) is 0 Å². The fraction of sp³-hybridized carbons (Fsp3) is 0.619. The molecule has 0 aliphatic carbocycles. The zero-order valence-electron chi connectivity index (χ0n) is 60.6. The lowest BCUT2D eigenvalue weighted by Crippen LogP contribution is -2.37. The molecule has 0 heterocycles. The van der Waals surface area contributed by atoms with Crippen LogP contribution in [0.1, 0.15) is 284 Å². The Labute approximate surface area is 578 Å². The van der Waals surface area contributed by atoms with Crippen LogP contribution in [-0.4, -0.2) is 74.9 Å². The number of quaternary nitrogens is 1. The Morgan fingerprint density at radius 3 is 0.851 bits per heavy atom. The number of carbonyl (C=O) groups excluding carboxylic acids is 2. The lowest BCUT2D eigenvalue weighted by Gasteiger charge is -2.24. The number of ether oxygens (including phenoxy) is 2. The zero-order chi connectivity index (χ0) is 68.3. The highest BCUT2D eigenvalue weighted by Gasteiger charge is 2.27. The Balaban J connectivity index is 4.09. The van der Waals surface area contributed by atoms with Crippen molar-refractivity contribution >= 4 is 19.8 Å². The molecule has 0 aromatic rings. The Bertz CT molecular complexity index is 2240. The summed E-state index contributed by atoms with van der Waals surface area (Å²) >= 11 is 0. The van der Waals surface area contributed by atoms with E-state index < -0.39 is 26.5 Å². The molecular formula is C84H139NO8P+. The average Bonchev–Trinajstić information content (AvgIpc) is 1.68. The van der Waals surface area contributed by atoms with Crippen molar-refractivity contribution in [3.8, 4) is 0 Å². The van der Waals surface area contributed by atoms with E-state index in [1.807, 2.05) is 21.1 Å². The Morgan fingerprint density at radius 1 is 0.330 bits per heavy atom. The minimum Gasteiger partial charge on any atom is -0.462 e. The van der Waals surface area contributed by atoms with Crippen LogP contribution in [0.15, 0.2) is 182 Å². The monoisotopic (exact) mass is 1320 g/mol. The number of unbranched alkanes of at least 4 members (excludes halogenated alkanes) is 23. The van der Waals surface area contributed by atoms with Crippen LogP contribution in [0.25, 0.3) is 0 Å². The molecule has 2 atom stereocenters. The van der Waals surface area contributed by atoms with Gasteiger partial charge in [-0.3, -0.25) is 18.6 Å². The van der Waals surface area contributed by atoms with E-state index in [0.717, 1.165) is 141 Å². The maximum atomic E-state index is 12.9. The van der Waals surface area contributed by atoms with Gasteiger partial charge in [0, 0.05) is 12.8 Å². The second kappa shape index (κ2) is 72.4. The van der Waals surface area contributed by atoms with Gasteiger partial charge in [0.2, 0.25) is 0 Å². The van der Waals surface area contributed by atoms with Gasteiger partial charge < -0.3 is 18.9 Å². The Hall–Kier alpha value is -4.89. The van der Waals surface area contributed by atoms with Gasteiger partial charge in [0.05, 0.1) is 27.7 Å². The van der Waals surface area contributed by atoms with Crippen LogP contribution in [0, 0.1) is 0 Å². The molecule has 0 saturated heterocycles. The first-order valence-electron chi connectivity index (χ1n) is 37.5. The molecular weight excluding hydrogens is 1180 g/mol. The molecule has 9 nitrogen and oxygen atoms in total. The second-order valence-electron chi connectivity index (χ2n) is 25.6. The van der Waals surface area contributed by atoms with Crippen molar-refractivity contribution in [3.05, 3.63) is 182 Å². The van der Waals surface area contributed by atoms with Gasteiger partial charge in [0.1, 0.15) is 19.8 Å². The lowest BCUT2D eigenvalue weighted by molar-refractivity contribution is -0.870. The van der Waals surface area contributed by atoms with Gasteiger partial charge in [-0.25, -0.2) is 4.57 Å². The summed E-state index contributed by atoms with van der Waals surface area (Å²) < 4.78 is 34.8. The molecule has 0 aromatic carbocycles. The lowest BCUT2D eigenvalue weighted by atomic mass is 10.0. The number of esters is 2. The summed E-state index contributed by atoms with van der Waals surface area (Å²) in [5, 5.41) is 0. The maximum absolute atomic E-state index is 12.9. The highest BCUT2D eigenvalue weighted by atomic mass is 31.2.